The molecule has 3 rings (SSSR count). The highest BCUT2D eigenvalue weighted by Gasteiger charge is 2.10. The smallest absolute Gasteiger partial charge is 0.294 e. The largest absolute Gasteiger partial charge is 0.485 e. The second-order valence-electron chi connectivity index (χ2n) is 4.09. The first-order valence-corrected chi connectivity index (χ1v) is 8.21. The molecule has 1 N–H and O–H groups in total. The molecule has 0 aliphatic carbocycles. The summed E-state index contributed by atoms with van der Waals surface area (Å²) in [6.45, 7) is 3.21. The Morgan fingerprint density at radius 2 is 1.55 bits per heavy atom. The van der Waals surface area contributed by atoms with Gasteiger partial charge in [0.1, 0.15) is 13.2 Å². The quantitative estimate of drug-likeness (QED) is 0.819. The molecule has 0 bridgehead atoms. The number of rotatable bonds is 1. The number of hydrogen-bond donors (Lipinski definition) is 1. The minimum atomic E-state index is -4.02. The Labute approximate surface area is 121 Å². The maximum Gasteiger partial charge on any atom is 0.294 e. The molecule has 20 heavy (non-hydrogen) atoms. The van der Waals surface area contributed by atoms with Gasteiger partial charge in [0.05, 0.1) is 4.90 Å². The van der Waals surface area contributed by atoms with E-state index in [9.17, 15) is 8.42 Å². The number of ether oxygens (including phenoxy) is 2. The Morgan fingerprint density at radius 3 is 2.00 bits per heavy atom. The van der Waals surface area contributed by atoms with Crippen LogP contribution in [-0.4, -0.2) is 26.2 Å². The van der Waals surface area contributed by atoms with Gasteiger partial charge in [-0.3, -0.25) is 4.55 Å². The standard InChI is InChI=1S/C7H8O3S.C6H6O2S/c1-6-2-4-7(5-3-6)11(8,9)10;1-2-8-6-4-9-3-5(6)7-1/h2-5H,1H3,(H,8,9,10);3-4H,1-2H2. The zero-order valence-corrected chi connectivity index (χ0v) is 12.4. The molecule has 7 heteroatoms. The van der Waals surface area contributed by atoms with Crippen LogP contribution in [0.3, 0.4) is 0 Å². The molecule has 1 aromatic heterocycles. The predicted molar refractivity (Wildman–Crippen MR) is 76.3 cm³/mol. The zero-order valence-electron chi connectivity index (χ0n) is 10.8. The molecule has 0 amide bonds. The molecular formula is C13H14O5S2. The van der Waals surface area contributed by atoms with E-state index in [1.165, 1.54) is 12.1 Å². The monoisotopic (exact) mass is 314 g/mol. The van der Waals surface area contributed by atoms with Crippen molar-refractivity contribution < 1.29 is 22.4 Å². The summed E-state index contributed by atoms with van der Waals surface area (Å²) in [5.41, 5.74) is 0.956. The predicted octanol–water partition coefficient (Wildman–Crippen LogP) is 2.76. The summed E-state index contributed by atoms with van der Waals surface area (Å²) in [6.07, 6.45) is 0. The van der Waals surface area contributed by atoms with Gasteiger partial charge in [0, 0.05) is 10.8 Å². The average molecular weight is 314 g/mol. The molecule has 0 saturated carbocycles. The number of fused-ring (bicyclic) bond motifs is 1. The lowest BCUT2D eigenvalue weighted by Crippen LogP contribution is -2.13. The van der Waals surface area contributed by atoms with Gasteiger partial charge in [-0.2, -0.15) is 8.42 Å². The Hall–Kier alpha value is -1.57. The molecular weight excluding hydrogens is 300 g/mol. The van der Waals surface area contributed by atoms with Crippen molar-refractivity contribution in [3.8, 4) is 11.5 Å². The van der Waals surface area contributed by atoms with Gasteiger partial charge >= 0.3 is 0 Å². The van der Waals surface area contributed by atoms with Crippen LogP contribution in [0.1, 0.15) is 5.56 Å². The second-order valence-corrected chi connectivity index (χ2v) is 6.25. The van der Waals surface area contributed by atoms with Gasteiger partial charge in [0.2, 0.25) is 0 Å². The van der Waals surface area contributed by atoms with Crippen molar-refractivity contribution in [2.24, 2.45) is 0 Å². The van der Waals surface area contributed by atoms with Crippen LogP contribution in [0.2, 0.25) is 0 Å². The van der Waals surface area contributed by atoms with E-state index >= 15 is 0 Å². The van der Waals surface area contributed by atoms with Crippen molar-refractivity contribution >= 4 is 21.5 Å². The summed E-state index contributed by atoms with van der Waals surface area (Å²) in [5, 5.41) is 3.91. The first-order chi connectivity index (χ1) is 9.47. The van der Waals surface area contributed by atoms with E-state index in [2.05, 4.69) is 0 Å². The van der Waals surface area contributed by atoms with Crippen molar-refractivity contribution in [1.29, 1.82) is 0 Å². The van der Waals surface area contributed by atoms with Gasteiger partial charge in [-0.15, -0.1) is 11.3 Å². The third-order valence-electron chi connectivity index (χ3n) is 2.51. The molecule has 0 unspecified atom stereocenters. The fourth-order valence-corrected chi connectivity index (χ4v) is 2.66. The molecule has 5 nitrogen and oxygen atoms in total. The van der Waals surface area contributed by atoms with Crippen LogP contribution in [0.4, 0.5) is 0 Å². The van der Waals surface area contributed by atoms with Crippen LogP contribution in [-0.2, 0) is 10.1 Å². The maximum absolute atomic E-state index is 10.5. The van der Waals surface area contributed by atoms with Crippen molar-refractivity contribution in [1.82, 2.24) is 0 Å². The van der Waals surface area contributed by atoms with Gasteiger partial charge in [-0.25, -0.2) is 0 Å². The van der Waals surface area contributed by atoms with E-state index in [-0.39, 0.29) is 4.90 Å². The lowest BCUT2D eigenvalue weighted by molar-refractivity contribution is 0.173. The average Bonchev–Trinajstić information content (AvgIpc) is 2.87. The Bertz CT molecular complexity index is 638. The highest BCUT2D eigenvalue weighted by Crippen LogP contribution is 2.33. The molecule has 0 fully saturated rings. The molecule has 1 aliphatic heterocycles. The second kappa shape index (κ2) is 6.25. The first-order valence-electron chi connectivity index (χ1n) is 5.83. The highest BCUT2D eigenvalue weighted by atomic mass is 32.2. The van der Waals surface area contributed by atoms with Crippen molar-refractivity contribution in [2.45, 2.75) is 11.8 Å². The fourth-order valence-electron chi connectivity index (χ4n) is 1.50. The van der Waals surface area contributed by atoms with Crippen LogP contribution in [0, 0.1) is 6.92 Å². The van der Waals surface area contributed by atoms with Gasteiger partial charge in [-0.1, -0.05) is 17.7 Å². The van der Waals surface area contributed by atoms with Crippen molar-refractivity contribution in [3.63, 3.8) is 0 Å². The lowest BCUT2D eigenvalue weighted by Gasteiger charge is -2.13. The molecule has 2 aromatic rings. The van der Waals surface area contributed by atoms with Crippen molar-refractivity contribution in [3.05, 3.63) is 40.6 Å². The summed E-state index contributed by atoms with van der Waals surface area (Å²) < 4.78 is 40.0. The maximum atomic E-state index is 10.5. The van der Waals surface area contributed by atoms with Gasteiger partial charge in [0.25, 0.3) is 10.1 Å². The number of thiophene rings is 1. The summed E-state index contributed by atoms with van der Waals surface area (Å²) >= 11 is 1.61. The Morgan fingerprint density at radius 1 is 1.05 bits per heavy atom. The molecule has 108 valence electrons. The lowest BCUT2D eigenvalue weighted by atomic mass is 10.2. The van der Waals surface area contributed by atoms with E-state index in [1.807, 2.05) is 17.7 Å². The van der Waals surface area contributed by atoms with Crippen LogP contribution >= 0.6 is 11.3 Å². The fraction of sp³-hybridized carbons (Fsp3) is 0.231. The van der Waals surface area contributed by atoms with Crippen LogP contribution in [0.5, 0.6) is 11.5 Å². The van der Waals surface area contributed by atoms with E-state index in [0.29, 0.717) is 13.2 Å². The van der Waals surface area contributed by atoms with E-state index in [4.69, 9.17) is 14.0 Å². The highest BCUT2D eigenvalue weighted by molar-refractivity contribution is 7.85. The molecule has 0 spiro atoms. The molecule has 0 radical (unpaired) electrons. The SMILES string of the molecule is Cc1ccc(S(=O)(=O)O)cc1.c1scc2c1OCCO2. The third kappa shape index (κ3) is 3.96. The number of benzene rings is 1. The first kappa shape index (κ1) is 14.8. The summed E-state index contributed by atoms with van der Waals surface area (Å²) in [4.78, 5) is -0.0666. The molecule has 0 saturated heterocycles. The summed E-state index contributed by atoms with van der Waals surface area (Å²) in [7, 11) is -4.02. The van der Waals surface area contributed by atoms with Gasteiger partial charge in [-0.05, 0) is 19.1 Å². The third-order valence-corrected chi connectivity index (χ3v) is 4.08. The summed E-state index contributed by atoms with van der Waals surface area (Å²) in [5.74, 6) is 1.79. The normalized spacial score (nSPS) is 13.3. The minimum Gasteiger partial charge on any atom is -0.485 e. The Balaban J connectivity index is 0.000000149. The number of aryl methyl sites for hydroxylation is 1. The summed E-state index contributed by atoms with van der Waals surface area (Å²) in [6, 6.07) is 5.99. The van der Waals surface area contributed by atoms with Crippen LogP contribution < -0.4 is 9.47 Å². The van der Waals surface area contributed by atoms with E-state index < -0.39 is 10.1 Å². The number of hydrogen-bond acceptors (Lipinski definition) is 5. The zero-order chi connectivity index (χ0) is 14.6. The van der Waals surface area contributed by atoms with E-state index in [0.717, 1.165) is 17.1 Å². The molecule has 0 atom stereocenters. The van der Waals surface area contributed by atoms with Crippen LogP contribution in [0.25, 0.3) is 0 Å². The molecule has 2 heterocycles. The van der Waals surface area contributed by atoms with Crippen LogP contribution in [0.15, 0.2) is 39.9 Å². The van der Waals surface area contributed by atoms with Gasteiger partial charge in [0.15, 0.2) is 11.5 Å². The Kier molecular flexibility index (Phi) is 4.64. The topological polar surface area (TPSA) is 72.8 Å². The van der Waals surface area contributed by atoms with E-state index in [1.54, 1.807) is 23.5 Å². The molecule has 1 aliphatic rings. The molecule has 1 aromatic carbocycles. The van der Waals surface area contributed by atoms with Gasteiger partial charge < -0.3 is 9.47 Å². The minimum absolute atomic E-state index is 0.0666. The van der Waals surface area contributed by atoms with Crippen molar-refractivity contribution in [2.75, 3.05) is 13.2 Å².